The van der Waals surface area contributed by atoms with E-state index in [0.717, 1.165) is 0 Å². The standard InChI is InChI=1S/C6H10.CH2O/c1-3-5-6-4-2;1-2/h3-6H,1-2H3;1H2/b5-3-,6-4-;. The van der Waals surface area contributed by atoms with Crippen LogP contribution in [0.2, 0.25) is 0 Å². The van der Waals surface area contributed by atoms with Crippen LogP contribution in [0.4, 0.5) is 0 Å². The van der Waals surface area contributed by atoms with Crippen molar-refractivity contribution >= 4 is 6.79 Å². The summed E-state index contributed by atoms with van der Waals surface area (Å²) in [4.78, 5) is 8.00. The maximum absolute atomic E-state index is 8.00. The minimum atomic E-state index is 2.00. The Morgan fingerprint density at radius 1 is 1.00 bits per heavy atom. The van der Waals surface area contributed by atoms with Crippen molar-refractivity contribution in [2.45, 2.75) is 13.8 Å². The quantitative estimate of drug-likeness (QED) is 0.474. The van der Waals surface area contributed by atoms with E-state index in [0.29, 0.717) is 0 Å². The number of hydrogen-bond acceptors (Lipinski definition) is 1. The van der Waals surface area contributed by atoms with E-state index in [1.165, 1.54) is 0 Å². The van der Waals surface area contributed by atoms with Crippen molar-refractivity contribution in [2.75, 3.05) is 0 Å². The van der Waals surface area contributed by atoms with Crippen molar-refractivity contribution in [3.63, 3.8) is 0 Å². The molecule has 0 atom stereocenters. The lowest BCUT2D eigenvalue weighted by Crippen LogP contribution is -1.40. The Hall–Kier alpha value is -0.850. The Bertz CT molecular complexity index is 62.5. The van der Waals surface area contributed by atoms with Gasteiger partial charge in [-0.1, -0.05) is 24.3 Å². The highest BCUT2D eigenvalue weighted by molar-refractivity contribution is 5.10. The number of allylic oxidation sites excluding steroid dienone is 4. The number of hydrogen-bond donors (Lipinski definition) is 0. The molecule has 0 saturated carbocycles. The fourth-order valence-corrected chi connectivity index (χ4v) is 0.222. The molecule has 0 saturated heterocycles. The van der Waals surface area contributed by atoms with Crippen LogP contribution >= 0.6 is 0 Å². The molecule has 0 bridgehead atoms. The maximum atomic E-state index is 8.00. The van der Waals surface area contributed by atoms with E-state index >= 15 is 0 Å². The smallest absolute Gasteiger partial charge is 0.106 e. The molecule has 0 aromatic heterocycles. The maximum Gasteiger partial charge on any atom is 0.106 e. The third kappa shape index (κ3) is 19.2. The van der Waals surface area contributed by atoms with Crippen LogP contribution in [0.15, 0.2) is 24.3 Å². The van der Waals surface area contributed by atoms with Crippen molar-refractivity contribution in [3.05, 3.63) is 24.3 Å². The van der Waals surface area contributed by atoms with Crippen LogP contribution in [0.5, 0.6) is 0 Å². The lowest BCUT2D eigenvalue weighted by Gasteiger charge is -1.62. The fraction of sp³-hybridized carbons (Fsp3) is 0.286. The van der Waals surface area contributed by atoms with E-state index in [2.05, 4.69) is 0 Å². The molecule has 8 heavy (non-hydrogen) atoms. The average Bonchev–Trinajstić information content (AvgIpc) is 1.88. The molecule has 1 heteroatoms. The first kappa shape index (κ1) is 10.2. The van der Waals surface area contributed by atoms with Gasteiger partial charge in [0, 0.05) is 0 Å². The highest BCUT2D eigenvalue weighted by Crippen LogP contribution is 1.71. The highest BCUT2D eigenvalue weighted by atomic mass is 16.1. The molecule has 0 aliphatic heterocycles. The topological polar surface area (TPSA) is 17.1 Å². The predicted octanol–water partition coefficient (Wildman–Crippen LogP) is 1.95. The van der Waals surface area contributed by atoms with Gasteiger partial charge in [-0.3, -0.25) is 0 Å². The predicted molar refractivity (Wildman–Crippen MR) is 36.7 cm³/mol. The van der Waals surface area contributed by atoms with Crippen molar-refractivity contribution < 1.29 is 4.79 Å². The van der Waals surface area contributed by atoms with Crippen molar-refractivity contribution in [2.24, 2.45) is 0 Å². The number of carbonyl (C=O) groups excluding carboxylic acids is 1. The van der Waals surface area contributed by atoms with E-state index in [9.17, 15) is 0 Å². The fourth-order valence-electron chi connectivity index (χ4n) is 0.222. The van der Waals surface area contributed by atoms with Gasteiger partial charge in [-0.15, -0.1) is 0 Å². The Kier molecular flexibility index (Phi) is 21.0. The number of rotatable bonds is 1. The highest BCUT2D eigenvalue weighted by Gasteiger charge is 1.48. The summed E-state index contributed by atoms with van der Waals surface area (Å²) in [6.07, 6.45) is 8.00. The summed E-state index contributed by atoms with van der Waals surface area (Å²) in [5, 5.41) is 0. The largest absolute Gasteiger partial charge is 0.307 e. The van der Waals surface area contributed by atoms with Crippen molar-refractivity contribution in [1.82, 2.24) is 0 Å². The Morgan fingerprint density at radius 3 is 1.38 bits per heavy atom. The van der Waals surface area contributed by atoms with Gasteiger partial charge in [-0.25, -0.2) is 0 Å². The third-order valence-electron chi connectivity index (χ3n) is 0.496. The summed E-state index contributed by atoms with van der Waals surface area (Å²) in [7, 11) is 0. The van der Waals surface area contributed by atoms with Crippen LogP contribution in [0.1, 0.15) is 13.8 Å². The molecule has 46 valence electrons. The SMILES string of the molecule is C/C=C\C=C/C.C=O. The van der Waals surface area contributed by atoms with E-state index in [1.54, 1.807) is 0 Å². The molecule has 1 nitrogen and oxygen atoms in total. The summed E-state index contributed by atoms with van der Waals surface area (Å²) in [5.74, 6) is 0. The monoisotopic (exact) mass is 112 g/mol. The summed E-state index contributed by atoms with van der Waals surface area (Å²) in [6.45, 7) is 6.00. The van der Waals surface area contributed by atoms with Crippen LogP contribution in [0.3, 0.4) is 0 Å². The first-order valence-electron chi connectivity index (χ1n) is 2.44. The minimum Gasteiger partial charge on any atom is -0.307 e. The van der Waals surface area contributed by atoms with Gasteiger partial charge in [0.25, 0.3) is 0 Å². The molecule has 0 amide bonds. The van der Waals surface area contributed by atoms with Crippen LogP contribution < -0.4 is 0 Å². The van der Waals surface area contributed by atoms with Gasteiger partial charge in [0.15, 0.2) is 0 Å². The molecule has 0 aliphatic rings. The molecular formula is C7H12O. The first-order chi connectivity index (χ1) is 3.91. The molecule has 0 radical (unpaired) electrons. The Balaban J connectivity index is 0. The molecule has 0 N–H and O–H groups in total. The second-order valence-electron chi connectivity index (χ2n) is 1.05. The lowest BCUT2D eigenvalue weighted by molar-refractivity contribution is -0.0979. The van der Waals surface area contributed by atoms with E-state index in [4.69, 9.17) is 4.79 Å². The van der Waals surface area contributed by atoms with Gasteiger partial charge in [0.05, 0.1) is 0 Å². The second-order valence-corrected chi connectivity index (χ2v) is 1.05. The minimum absolute atomic E-state index is 2.00. The molecule has 0 unspecified atom stereocenters. The van der Waals surface area contributed by atoms with E-state index in [-0.39, 0.29) is 0 Å². The molecule has 0 rings (SSSR count). The van der Waals surface area contributed by atoms with Gasteiger partial charge in [0.1, 0.15) is 6.79 Å². The second kappa shape index (κ2) is 16.4. The van der Waals surface area contributed by atoms with Gasteiger partial charge in [-0.2, -0.15) is 0 Å². The van der Waals surface area contributed by atoms with E-state index in [1.807, 2.05) is 44.9 Å². The van der Waals surface area contributed by atoms with Crippen LogP contribution in [0.25, 0.3) is 0 Å². The van der Waals surface area contributed by atoms with E-state index < -0.39 is 0 Å². The van der Waals surface area contributed by atoms with Gasteiger partial charge in [0.2, 0.25) is 0 Å². The van der Waals surface area contributed by atoms with Gasteiger partial charge < -0.3 is 4.79 Å². The lowest BCUT2D eigenvalue weighted by atomic mass is 10.5. The van der Waals surface area contributed by atoms with Gasteiger partial charge in [-0.05, 0) is 13.8 Å². The van der Waals surface area contributed by atoms with Crippen LogP contribution in [-0.4, -0.2) is 6.79 Å². The zero-order valence-electron chi connectivity index (χ0n) is 5.42. The van der Waals surface area contributed by atoms with Crippen LogP contribution in [0, 0.1) is 0 Å². The van der Waals surface area contributed by atoms with Gasteiger partial charge >= 0.3 is 0 Å². The molecule has 0 aliphatic carbocycles. The molecule has 0 aromatic carbocycles. The molecule has 0 heterocycles. The first-order valence-corrected chi connectivity index (χ1v) is 2.44. The average molecular weight is 112 g/mol. The Labute approximate surface area is 50.7 Å². The summed E-state index contributed by atoms with van der Waals surface area (Å²) < 4.78 is 0. The zero-order chi connectivity index (χ0) is 6.83. The number of carbonyl (C=O) groups is 1. The zero-order valence-corrected chi connectivity index (χ0v) is 5.42. The summed E-state index contributed by atoms with van der Waals surface area (Å²) >= 11 is 0. The molecule has 0 fully saturated rings. The molecular weight excluding hydrogens is 100 g/mol. The molecule has 0 spiro atoms. The summed E-state index contributed by atoms with van der Waals surface area (Å²) in [6, 6.07) is 0. The molecule has 0 aromatic rings. The van der Waals surface area contributed by atoms with Crippen molar-refractivity contribution in [3.8, 4) is 0 Å². The normalized spacial score (nSPS) is 9.25. The Morgan fingerprint density at radius 2 is 1.25 bits per heavy atom. The van der Waals surface area contributed by atoms with Crippen molar-refractivity contribution in [1.29, 1.82) is 0 Å². The third-order valence-corrected chi connectivity index (χ3v) is 0.496. The van der Waals surface area contributed by atoms with Crippen LogP contribution in [-0.2, 0) is 4.79 Å². The summed E-state index contributed by atoms with van der Waals surface area (Å²) in [5.41, 5.74) is 0.